The summed E-state index contributed by atoms with van der Waals surface area (Å²) in [7, 11) is 0. The van der Waals surface area contributed by atoms with Gasteiger partial charge in [-0.25, -0.2) is 4.90 Å². The van der Waals surface area contributed by atoms with Gasteiger partial charge in [-0.05, 0) is 18.6 Å². The molecule has 0 radical (unpaired) electrons. The zero-order valence-corrected chi connectivity index (χ0v) is 10.8. The van der Waals surface area contributed by atoms with Gasteiger partial charge in [-0.1, -0.05) is 31.4 Å². The van der Waals surface area contributed by atoms with Gasteiger partial charge in [0, 0.05) is 0 Å². The molecular formula is C15H15NO3. The predicted octanol–water partition coefficient (Wildman–Crippen LogP) is 2.06. The first kappa shape index (κ1) is 13.3. The first-order valence-electron chi connectivity index (χ1n) is 6.22. The molecule has 2 amide bonds. The minimum Gasteiger partial charge on any atom is -0.345 e. The van der Waals surface area contributed by atoms with Gasteiger partial charge in [-0.2, -0.15) is 0 Å². The van der Waals surface area contributed by atoms with E-state index < -0.39 is 0 Å². The fraction of sp³-hybridized carbons (Fsp3) is 0.333. The second kappa shape index (κ2) is 5.68. The number of benzene rings is 1. The van der Waals surface area contributed by atoms with Crippen molar-refractivity contribution < 1.29 is 14.3 Å². The van der Waals surface area contributed by atoms with Crippen molar-refractivity contribution in [2.75, 3.05) is 6.73 Å². The van der Waals surface area contributed by atoms with Crippen LogP contribution in [0.4, 0.5) is 0 Å². The van der Waals surface area contributed by atoms with Crippen LogP contribution in [0.15, 0.2) is 24.3 Å². The summed E-state index contributed by atoms with van der Waals surface area (Å²) < 4.78 is 5.44. The van der Waals surface area contributed by atoms with E-state index in [0.717, 1.165) is 11.3 Å². The molecule has 0 spiro atoms. The molecule has 0 fully saturated rings. The quantitative estimate of drug-likeness (QED) is 0.599. The van der Waals surface area contributed by atoms with Crippen LogP contribution in [0, 0.1) is 12.3 Å². The van der Waals surface area contributed by atoms with E-state index in [1.165, 1.54) is 0 Å². The molecule has 0 N–H and O–H groups in total. The van der Waals surface area contributed by atoms with Crippen LogP contribution in [-0.2, 0) is 4.74 Å². The molecule has 0 aliphatic carbocycles. The highest BCUT2D eigenvalue weighted by atomic mass is 16.5. The van der Waals surface area contributed by atoms with Crippen LogP contribution in [0.5, 0.6) is 0 Å². The van der Waals surface area contributed by atoms with E-state index in [1.807, 2.05) is 6.92 Å². The van der Waals surface area contributed by atoms with Crippen molar-refractivity contribution in [3.8, 4) is 12.3 Å². The van der Waals surface area contributed by atoms with Gasteiger partial charge in [-0.15, -0.1) is 6.42 Å². The number of carbonyl (C=O) groups excluding carboxylic acids is 2. The van der Waals surface area contributed by atoms with Crippen molar-refractivity contribution in [2.24, 2.45) is 0 Å². The van der Waals surface area contributed by atoms with E-state index in [-0.39, 0.29) is 24.6 Å². The summed E-state index contributed by atoms with van der Waals surface area (Å²) in [4.78, 5) is 25.2. The number of ether oxygens (including phenoxy) is 1. The van der Waals surface area contributed by atoms with E-state index in [4.69, 9.17) is 11.2 Å². The summed E-state index contributed by atoms with van der Waals surface area (Å²) in [6.07, 6.45) is 6.56. The van der Waals surface area contributed by atoms with Crippen LogP contribution in [-0.4, -0.2) is 29.5 Å². The number of hydrogen-bond acceptors (Lipinski definition) is 3. The SMILES string of the molecule is C#CC(CCC)OCN1C(=O)c2ccccc2C1=O. The average Bonchev–Trinajstić information content (AvgIpc) is 2.68. The molecule has 2 rings (SSSR count). The Bertz CT molecular complexity index is 510. The number of hydrogen-bond donors (Lipinski definition) is 0. The number of nitrogens with zero attached hydrogens (tertiary/aromatic N) is 1. The standard InChI is InChI=1S/C15H15NO3/c1-3-7-11(4-2)19-10-16-14(17)12-8-5-6-9-13(12)15(16)18/h2,5-6,8-9,11H,3,7,10H2,1H3. The molecule has 1 heterocycles. The summed E-state index contributed by atoms with van der Waals surface area (Å²) in [6, 6.07) is 6.74. The number of carbonyl (C=O) groups is 2. The summed E-state index contributed by atoms with van der Waals surface area (Å²) in [5.74, 6) is 1.85. The molecule has 4 nitrogen and oxygen atoms in total. The Morgan fingerprint density at radius 1 is 1.26 bits per heavy atom. The fourth-order valence-corrected chi connectivity index (χ4v) is 2.00. The highest BCUT2D eigenvalue weighted by Gasteiger charge is 2.35. The van der Waals surface area contributed by atoms with Crippen LogP contribution in [0.2, 0.25) is 0 Å². The monoisotopic (exact) mass is 257 g/mol. The van der Waals surface area contributed by atoms with Crippen LogP contribution in [0.1, 0.15) is 40.5 Å². The zero-order valence-electron chi connectivity index (χ0n) is 10.8. The number of rotatable bonds is 5. The molecule has 0 aromatic heterocycles. The molecule has 1 aromatic rings. The van der Waals surface area contributed by atoms with E-state index in [0.29, 0.717) is 17.5 Å². The molecule has 0 saturated heterocycles. The van der Waals surface area contributed by atoms with E-state index in [9.17, 15) is 9.59 Å². The van der Waals surface area contributed by atoms with Crippen molar-refractivity contribution >= 4 is 11.8 Å². The van der Waals surface area contributed by atoms with Gasteiger partial charge in [0.2, 0.25) is 0 Å². The van der Waals surface area contributed by atoms with Gasteiger partial charge in [0.15, 0.2) is 0 Å². The van der Waals surface area contributed by atoms with Crippen molar-refractivity contribution in [3.05, 3.63) is 35.4 Å². The van der Waals surface area contributed by atoms with Crippen LogP contribution in [0.3, 0.4) is 0 Å². The maximum atomic E-state index is 12.0. The lowest BCUT2D eigenvalue weighted by Gasteiger charge is -2.17. The van der Waals surface area contributed by atoms with Crippen LogP contribution < -0.4 is 0 Å². The Kier molecular flexibility index (Phi) is 3.98. The smallest absolute Gasteiger partial charge is 0.263 e. The molecule has 4 heteroatoms. The molecule has 19 heavy (non-hydrogen) atoms. The van der Waals surface area contributed by atoms with Crippen molar-refractivity contribution in [2.45, 2.75) is 25.9 Å². The van der Waals surface area contributed by atoms with Gasteiger partial charge in [0.1, 0.15) is 12.8 Å². The molecule has 0 bridgehead atoms. The molecule has 1 atom stereocenters. The molecule has 0 saturated carbocycles. The molecule has 1 unspecified atom stereocenters. The highest BCUT2D eigenvalue weighted by molar-refractivity contribution is 6.21. The Balaban J connectivity index is 2.07. The lowest BCUT2D eigenvalue weighted by atomic mass is 10.1. The second-order valence-electron chi connectivity index (χ2n) is 4.32. The first-order valence-corrected chi connectivity index (χ1v) is 6.22. The third-order valence-electron chi connectivity index (χ3n) is 3.02. The van der Waals surface area contributed by atoms with E-state index in [2.05, 4.69) is 5.92 Å². The van der Waals surface area contributed by atoms with Crippen LogP contribution in [0.25, 0.3) is 0 Å². The Morgan fingerprint density at radius 3 is 2.32 bits per heavy atom. The number of fused-ring (bicyclic) bond motifs is 1. The third-order valence-corrected chi connectivity index (χ3v) is 3.02. The van der Waals surface area contributed by atoms with Gasteiger partial charge in [0.25, 0.3) is 11.8 Å². The second-order valence-corrected chi connectivity index (χ2v) is 4.32. The van der Waals surface area contributed by atoms with Gasteiger partial charge in [0.05, 0.1) is 11.1 Å². The Hall–Kier alpha value is -2.12. The summed E-state index contributed by atoms with van der Waals surface area (Å²) in [5, 5.41) is 0. The van der Waals surface area contributed by atoms with Crippen molar-refractivity contribution in [3.63, 3.8) is 0 Å². The van der Waals surface area contributed by atoms with Gasteiger partial charge < -0.3 is 4.74 Å². The molecule has 1 aromatic carbocycles. The molecule has 1 aliphatic heterocycles. The Morgan fingerprint density at radius 2 is 1.84 bits per heavy atom. The largest absolute Gasteiger partial charge is 0.345 e. The lowest BCUT2D eigenvalue weighted by Crippen LogP contribution is -2.33. The van der Waals surface area contributed by atoms with E-state index >= 15 is 0 Å². The lowest BCUT2D eigenvalue weighted by molar-refractivity contribution is 0.00816. The molecule has 1 aliphatic rings. The first-order chi connectivity index (χ1) is 9.19. The number of imide groups is 1. The maximum Gasteiger partial charge on any atom is 0.263 e. The van der Waals surface area contributed by atoms with Crippen molar-refractivity contribution in [1.29, 1.82) is 0 Å². The fourth-order valence-electron chi connectivity index (χ4n) is 2.00. The highest BCUT2D eigenvalue weighted by Crippen LogP contribution is 2.22. The summed E-state index contributed by atoms with van der Waals surface area (Å²) in [6.45, 7) is 1.90. The average molecular weight is 257 g/mol. The maximum absolute atomic E-state index is 12.0. The number of amides is 2. The van der Waals surface area contributed by atoms with Crippen molar-refractivity contribution in [1.82, 2.24) is 4.90 Å². The summed E-state index contributed by atoms with van der Waals surface area (Å²) >= 11 is 0. The van der Waals surface area contributed by atoms with E-state index in [1.54, 1.807) is 24.3 Å². The molecular weight excluding hydrogens is 242 g/mol. The normalized spacial score (nSPS) is 15.3. The number of terminal acetylenes is 1. The predicted molar refractivity (Wildman–Crippen MR) is 70.4 cm³/mol. The minimum absolute atomic E-state index is 0.0960. The topological polar surface area (TPSA) is 46.6 Å². The van der Waals surface area contributed by atoms with Gasteiger partial charge >= 0.3 is 0 Å². The minimum atomic E-state index is -0.366. The third kappa shape index (κ3) is 2.51. The Labute approximate surface area is 112 Å². The summed E-state index contributed by atoms with van der Waals surface area (Å²) in [5.41, 5.74) is 0.840. The molecule has 98 valence electrons. The van der Waals surface area contributed by atoms with Crippen LogP contribution >= 0.6 is 0 Å². The van der Waals surface area contributed by atoms with Gasteiger partial charge in [-0.3, -0.25) is 9.59 Å². The zero-order chi connectivity index (χ0) is 13.8.